The van der Waals surface area contributed by atoms with Crippen LogP contribution in [0, 0.1) is 10.1 Å². The zero-order valence-electron chi connectivity index (χ0n) is 9.41. The van der Waals surface area contributed by atoms with Gasteiger partial charge in [-0.25, -0.2) is 4.52 Å². The van der Waals surface area contributed by atoms with Crippen LogP contribution in [0.2, 0.25) is 0 Å². The van der Waals surface area contributed by atoms with E-state index in [1.165, 1.54) is 17.8 Å². The average molecular weight is 237 g/mol. The number of rotatable bonds is 4. The van der Waals surface area contributed by atoms with Crippen molar-refractivity contribution in [3.63, 3.8) is 0 Å². The molecule has 0 aliphatic rings. The summed E-state index contributed by atoms with van der Waals surface area (Å²) in [7, 11) is 3.01. The number of hydrogen-bond acceptors (Lipinski definition) is 5. The molecule has 2 heterocycles. The number of fused-ring (bicyclic) bond motifs is 1. The molecule has 0 aliphatic carbocycles. The van der Waals surface area contributed by atoms with Crippen LogP contribution in [0.4, 0.5) is 5.69 Å². The minimum absolute atomic E-state index is 0.0835. The summed E-state index contributed by atoms with van der Waals surface area (Å²) in [5.41, 5.74) is 0.998. The van der Waals surface area contributed by atoms with E-state index < -0.39 is 4.92 Å². The van der Waals surface area contributed by atoms with E-state index in [4.69, 9.17) is 9.47 Å². The minimum atomic E-state index is -0.485. The summed E-state index contributed by atoms with van der Waals surface area (Å²) in [4.78, 5) is 10.4. The quantitative estimate of drug-likeness (QED) is 0.593. The van der Waals surface area contributed by atoms with Crippen molar-refractivity contribution in [3.8, 4) is 5.75 Å². The SMILES string of the molecule is COCc1ccn2ncc([N+](=O)[O-])c2c1OC. The maximum atomic E-state index is 10.9. The Kier molecular flexibility index (Phi) is 2.92. The summed E-state index contributed by atoms with van der Waals surface area (Å²) >= 11 is 0. The predicted octanol–water partition coefficient (Wildman–Crippen LogP) is 1.40. The predicted molar refractivity (Wildman–Crippen MR) is 59.1 cm³/mol. The molecule has 0 spiro atoms. The molecule has 2 rings (SSSR count). The van der Waals surface area contributed by atoms with E-state index in [2.05, 4.69) is 5.10 Å². The monoisotopic (exact) mass is 237 g/mol. The molecule has 0 aromatic carbocycles. The van der Waals surface area contributed by atoms with Crippen molar-refractivity contribution in [2.75, 3.05) is 14.2 Å². The maximum Gasteiger partial charge on any atom is 0.318 e. The van der Waals surface area contributed by atoms with Gasteiger partial charge in [-0.2, -0.15) is 5.10 Å². The van der Waals surface area contributed by atoms with Gasteiger partial charge in [0.05, 0.1) is 18.6 Å². The third-order valence-electron chi connectivity index (χ3n) is 2.40. The lowest BCUT2D eigenvalue weighted by atomic mass is 10.2. The molecule has 0 fully saturated rings. The summed E-state index contributed by atoms with van der Waals surface area (Å²) in [6.45, 7) is 0.321. The van der Waals surface area contributed by atoms with Gasteiger partial charge in [-0.1, -0.05) is 0 Å². The first-order valence-electron chi connectivity index (χ1n) is 4.85. The Morgan fingerprint density at radius 1 is 1.53 bits per heavy atom. The molecule has 0 saturated heterocycles. The largest absolute Gasteiger partial charge is 0.494 e. The number of ether oxygens (including phenoxy) is 2. The van der Waals surface area contributed by atoms with Gasteiger partial charge in [0.15, 0.2) is 11.3 Å². The number of aromatic nitrogens is 2. The molecule has 0 unspecified atom stereocenters. The first kappa shape index (κ1) is 11.3. The molecule has 0 amide bonds. The number of pyridine rings is 1. The zero-order valence-corrected chi connectivity index (χ0v) is 9.41. The van der Waals surface area contributed by atoms with Crippen LogP contribution < -0.4 is 4.74 Å². The van der Waals surface area contributed by atoms with Crippen LogP contribution in [-0.2, 0) is 11.3 Å². The standard InChI is InChI=1S/C10H11N3O4/c1-16-6-7-3-4-12-9(10(7)17-2)8(5-11-12)13(14)15/h3-5H,6H2,1-2H3. The molecule has 0 saturated carbocycles. The molecule has 7 nitrogen and oxygen atoms in total. The molecular formula is C10H11N3O4. The molecule has 2 aromatic rings. The van der Waals surface area contributed by atoms with Crippen molar-refractivity contribution in [3.05, 3.63) is 34.1 Å². The van der Waals surface area contributed by atoms with Crippen molar-refractivity contribution in [2.45, 2.75) is 6.61 Å². The third-order valence-corrected chi connectivity index (χ3v) is 2.40. The third kappa shape index (κ3) is 1.80. The highest BCUT2D eigenvalue weighted by molar-refractivity contribution is 5.74. The molecule has 0 aliphatic heterocycles. The molecular weight excluding hydrogens is 226 g/mol. The second-order valence-electron chi connectivity index (χ2n) is 3.39. The van der Waals surface area contributed by atoms with E-state index in [1.54, 1.807) is 19.4 Å². The lowest BCUT2D eigenvalue weighted by Crippen LogP contribution is -1.99. The molecule has 17 heavy (non-hydrogen) atoms. The number of nitrogens with zero attached hydrogens (tertiary/aromatic N) is 3. The van der Waals surface area contributed by atoms with Crippen molar-refractivity contribution in [2.24, 2.45) is 0 Å². The van der Waals surface area contributed by atoms with Gasteiger partial charge in [-0.15, -0.1) is 0 Å². The van der Waals surface area contributed by atoms with Crippen molar-refractivity contribution in [1.29, 1.82) is 0 Å². The lowest BCUT2D eigenvalue weighted by molar-refractivity contribution is -0.383. The Labute approximate surface area is 96.7 Å². The maximum absolute atomic E-state index is 10.9. The fourth-order valence-electron chi connectivity index (χ4n) is 1.71. The summed E-state index contributed by atoms with van der Waals surface area (Å²) in [5.74, 6) is 0.415. The van der Waals surface area contributed by atoms with Crippen LogP contribution in [0.5, 0.6) is 5.75 Å². The fourth-order valence-corrected chi connectivity index (χ4v) is 1.71. The number of methoxy groups -OCH3 is 2. The lowest BCUT2D eigenvalue weighted by Gasteiger charge is -2.08. The first-order valence-corrected chi connectivity index (χ1v) is 4.85. The summed E-state index contributed by atoms with van der Waals surface area (Å²) in [5, 5.41) is 14.8. The Hall–Kier alpha value is -2.15. The zero-order chi connectivity index (χ0) is 12.4. The molecule has 0 radical (unpaired) electrons. The summed E-state index contributed by atoms with van der Waals surface area (Å²) < 4.78 is 11.6. The van der Waals surface area contributed by atoms with Gasteiger partial charge < -0.3 is 9.47 Å². The molecule has 2 aromatic heterocycles. The van der Waals surface area contributed by atoms with E-state index in [1.807, 2.05) is 0 Å². The van der Waals surface area contributed by atoms with E-state index in [0.717, 1.165) is 5.56 Å². The highest BCUT2D eigenvalue weighted by Gasteiger charge is 2.21. The first-order chi connectivity index (χ1) is 8.19. The number of hydrogen-bond donors (Lipinski definition) is 0. The second kappa shape index (κ2) is 4.38. The van der Waals surface area contributed by atoms with E-state index in [0.29, 0.717) is 17.9 Å². The van der Waals surface area contributed by atoms with Crippen molar-refractivity contribution < 1.29 is 14.4 Å². The Morgan fingerprint density at radius 3 is 2.88 bits per heavy atom. The second-order valence-corrected chi connectivity index (χ2v) is 3.39. The fraction of sp³-hybridized carbons (Fsp3) is 0.300. The highest BCUT2D eigenvalue weighted by Crippen LogP contribution is 2.32. The van der Waals surface area contributed by atoms with Crippen molar-refractivity contribution >= 4 is 11.2 Å². The summed E-state index contributed by atoms with van der Waals surface area (Å²) in [6, 6.07) is 1.76. The van der Waals surface area contributed by atoms with Crippen LogP contribution in [0.1, 0.15) is 5.56 Å². The topological polar surface area (TPSA) is 78.9 Å². The number of nitro groups is 1. The van der Waals surface area contributed by atoms with Crippen LogP contribution in [0.25, 0.3) is 5.52 Å². The van der Waals surface area contributed by atoms with Gasteiger partial charge >= 0.3 is 5.69 Å². The Bertz CT molecular complexity index is 564. The molecule has 0 bridgehead atoms. The van der Waals surface area contributed by atoms with E-state index in [9.17, 15) is 10.1 Å². The van der Waals surface area contributed by atoms with E-state index >= 15 is 0 Å². The van der Waals surface area contributed by atoms with Gasteiger partial charge in [0, 0.05) is 18.9 Å². The van der Waals surface area contributed by atoms with Crippen LogP contribution in [-0.4, -0.2) is 28.8 Å². The van der Waals surface area contributed by atoms with Crippen LogP contribution in [0.3, 0.4) is 0 Å². The van der Waals surface area contributed by atoms with Crippen molar-refractivity contribution in [1.82, 2.24) is 9.61 Å². The van der Waals surface area contributed by atoms with Crippen LogP contribution >= 0.6 is 0 Å². The average Bonchev–Trinajstić information content (AvgIpc) is 2.73. The van der Waals surface area contributed by atoms with Gasteiger partial charge in [0.2, 0.25) is 0 Å². The van der Waals surface area contributed by atoms with Gasteiger partial charge in [0.25, 0.3) is 0 Å². The van der Waals surface area contributed by atoms with Gasteiger partial charge in [0.1, 0.15) is 6.20 Å². The minimum Gasteiger partial charge on any atom is -0.494 e. The van der Waals surface area contributed by atoms with E-state index in [-0.39, 0.29) is 5.69 Å². The van der Waals surface area contributed by atoms with Gasteiger partial charge in [-0.05, 0) is 6.07 Å². The van der Waals surface area contributed by atoms with Gasteiger partial charge in [-0.3, -0.25) is 10.1 Å². The Balaban J connectivity index is 2.73. The summed E-state index contributed by atoms with van der Waals surface area (Å²) in [6.07, 6.45) is 2.84. The normalized spacial score (nSPS) is 10.7. The smallest absolute Gasteiger partial charge is 0.318 e. The molecule has 90 valence electrons. The van der Waals surface area contributed by atoms with Crippen LogP contribution in [0.15, 0.2) is 18.5 Å². The Morgan fingerprint density at radius 2 is 2.29 bits per heavy atom. The molecule has 0 atom stereocenters. The molecule has 7 heteroatoms. The highest BCUT2D eigenvalue weighted by atomic mass is 16.6. The molecule has 0 N–H and O–H groups in total.